The van der Waals surface area contributed by atoms with Gasteiger partial charge in [0.1, 0.15) is 0 Å². The van der Waals surface area contributed by atoms with Crippen LogP contribution in [0.2, 0.25) is 5.02 Å². The van der Waals surface area contributed by atoms with Gasteiger partial charge < -0.3 is 10.6 Å². The van der Waals surface area contributed by atoms with Crippen LogP contribution < -0.4 is 10.6 Å². The number of rotatable bonds is 2. The SMILES string of the molecule is CC1CN(c2c(Cl)cccc2CN)CC(C)S1. The van der Waals surface area contributed by atoms with Crippen molar-refractivity contribution in [3.05, 3.63) is 28.8 Å². The number of halogens is 1. The standard InChI is InChI=1S/C13H19ClN2S/c1-9-7-16(8-10(2)17-9)13-11(6-15)4-3-5-12(13)14/h3-5,9-10H,6-8,15H2,1-2H3. The number of nitrogens with two attached hydrogens (primary N) is 1. The molecule has 1 aromatic carbocycles. The Balaban J connectivity index is 2.32. The van der Waals surface area contributed by atoms with Crippen LogP contribution in [0.3, 0.4) is 0 Å². The maximum atomic E-state index is 6.33. The van der Waals surface area contributed by atoms with Crippen molar-refractivity contribution in [2.24, 2.45) is 5.73 Å². The third-order valence-electron chi connectivity index (χ3n) is 3.03. The lowest BCUT2D eigenvalue weighted by Crippen LogP contribution is -2.41. The molecule has 2 rings (SSSR count). The van der Waals surface area contributed by atoms with Crippen molar-refractivity contribution in [2.45, 2.75) is 30.9 Å². The van der Waals surface area contributed by atoms with Crippen molar-refractivity contribution in [1.82, 2.24) is 0 Å². The molecule has 2 unspecified atom stereocenters. The Hall–Kier alpha value is -0.380. The quantitative estimate of drug-likeness (QED) is 0.895. The number of para-hydroxylation sites is 1. The molecule has 1 heterocycles. The summed E-state index contributed by atoms with van der Waals surface area (Å²) in [5, 5.41) is 2.10. The Morgan fingerprint density at radius 2 is 2.00 bits per heavy atom. The summed E-state index contributed by atoms with van der Waals surface area (Å²) in [5.41, 5.74) is 8.08. The number of thioether (sulfide) groups is 1. The maximum absolute atomic E-state index is 6.33. The molecule has 1 aliphatic rings. The van der Waals surface area contributed by atoms with E-state index in [1.807, 2.05) is 23.9 Å². The average molecular weight is 271 g/mol. The predicted octanol–water partition coefficient (Wildman–Crippen LogP) is 3.13. The van der Waals surface area contributed by atoms with Gasteiger partial charge in [0, 0.05) is 30.1 Å². The van der Waals surface area contributed by atoms with Crippen LogP contribution in [0, 0.1) is 0 Å². The molecule has 0 saturated carbocycles. The van der Waals surface area contributed by atoms with Crippen LogP contribution in [-0.4, -0.2) is 23.6 Å². The van der Waals surface area contributed by atoms with Crippen LogP contribution in [0.4, 0.5) is 5.69 Å². The van der Waals surface area contributed by atoms with Crippen molar-refractivity contribution < 1.29 is 0 Å². The first-order valence-electron chi connectivity index (χ1n) is 5.99. The van der Waals surface area contributed by atoms with E-state index in [1.54, 1.807) is 0 Å². The minimum Gasteiger partial charge on any atom is -0.368 e. The highest BCUT2D eigenvalue weighted by atomic mass is 35.5. The van der Waals surface area contributed by atoms with Crippen LogP contribution in [0.5, 0.6) is 0 Å². The zero-order valence-electron chi connectivity index (χ0n) is 10.3. The predicted molar refractivity (Wildman–Crippen MR) is 78.1 cm³/mol. The molecule has 0 spiro atoms. The van der Waals surface area contributed by atoms with E-state index in [1.165, 1.54) is 0 Å². The van der Waals surface area contributed by atoms with Crippen LogP contribution in [0.1, 0.15) is 19.4 Å². The summed E-state index contributed by atoms with van der Waals surface area (Å²) in [6.45, 7) is 7.18. The number of benzene rings is 1. The zero-order chi connectivity index (χ0) is 12.4. The second-order valence-electron chi connectivity index (χ2n) is 4.61. The highest BCUT2D eigenvalue weighted by molar-refractivity contribution is 8.00. The summed E-state index contributed by atoms with van der Waals surface area (Å²) >= 11 is 8.38. The van der Waals surface area contributed by atoms with Gasteiger partial charge in [-0.25, -0.2) is 0 Å². The third kappa shape index (κ3) is 2.90. The summed E-state index contributed by atoms with van der Waals surface area (Å²) in [6, 6.07) is 5.99. The van der Waals surface area contributed by atoms with E-state index < -0.39 is 0 Å². The Bertz CT molecular complexity index is 387. The van der Waals surface area contributed by atoms with Gasteiger partial charge in [0.15, 0.2) is 0 Å². The fourth-order valence-corrected chi connectivity index (χ4v) is 4.08. The van der Waals surface area contributed by atoms with Gasteiger partial charge in [-0.1, -0.05) is 37.6 Å². The van der Waals surface area contributed by atoms with Gasteiger partial charge in [-0.15, -0.1) is 0 Å². The largest absolute Gasteiger partial charge is 0.368 e. The van der Waals surface area contributed by atoms with Crippen LogP contribution in [-0.2, 0) is 6.54 Å². The van der Waals surface area contributed by atoms with Crippen molar-refractivity contribution in [3.8, 4) is 0 Å². The average Bonchev–Trinajstić information content (AvgIpc) is 2.27. The van der Waals surface area contributed by atoms with Gasteiger partial charge in [-0.05, 0) is 11.6 Å². The van der Waals surface area contributed by atoms with E-state index in [4.69, 9.17) is 17.3 Å². The van der Waals surface area contributed by atoms with Gasteiger partial charge in [0.05, 0.1) is 10.7 Å². The van der Waals surface area contributed by atoms with Crippen molar-refractivity contribution in [1.29, 1.82) is 0 Å². The number of hydrogen-bond donors (Lipinski definition) is 1. The Morgan fingerprint density at radius 3 is 2.59 bits per heavy atom. The van der Waals surface area contributed by atoms with Crippen molar-refractivity contribution in [3.63, 3.8) is 0 Å². The molecule has 94 valence electrons. The molecule has 2 N–H and O–H groups in total. The maximum Gasteiger partial charge on any atom is 0.0642 e. The second-order valence-corrected chi connectivity index (χ2v) is 6.90. The molecule has 1 aliphatic heterocycles. The van der Waals surface area contributed by atoms with Gasteiger partial charge in [-0.3, -0.25) is 0 Å². The highest BCUT2D eigenvalue weighted by Gasteiger charge is 2.25. The Morgan fingerprint density at radius 1 is 1.35 bits per heavy atom. The molecule has 17 heavy (non-hydrogen) atoms. The second kappa shape index (κ2) is 5.51. The zero-order valence-corrected chi connectivity index (χ0v) is 11.9. The lowest BCUT2D eigenvalue weighted by molar-refractivity contribution is 0.724. The number of anilines is 1. The summed E-state index contributed by atoms with van der Waals surface area (Å²) in [4.78, 5) is 2.39. The monoisotopic (exact) mass is 270 g/mol. The van der Waals surface area contributed by atoms with E-state index in [0.29, 0.717) is 17.0 Å². The minimum absolute atomic E-state index is 0.544. The van der Waals surface area contributed by atoms with Gasteiger partial charge in [0.25, 0.3) is 0 Å². The summed E-state index contributed by atoms with van der Waals surface area (Å²) in [7, 11) is 0. The normalized spacial score (nSPS) is 25.1. The number of nitrogens with zero attached hydrogens (tertiary/aromatic N) is 1. The molecule has 4 heteroatoms. The Labute approximate surface area is 113 Å². The summed E-state index contributed by atoms with van der Waals surface area (Å²) in [5.74, 6) is 0. The van der Waals surface area contributed by atoms with E-state index in [-0.39, 0.29) is 0 Å². The van der Waals surface area contributed by atoms with E-state index >= 15 is 0 Å². The molecule has 1 saturated heterocycles. The first kappa shape index (κ1) is 13.1. The third-order valence-corrected chi connectivity index (χ3v) is 4.56. The smallest absolute Gasteiger partial charge is 0.0642 e. The molecule has 0 amide bonds. The van der Waals surface area contributed by atoms with Crippen molar-refractivity contribution in [2.75, 3.05) is 18.0 Å². The van der Waals surface area contributed by atoms with Gasteiger partial charge in [0.2, 0.25) is 0 Å². The van der Waals surface area contributed by atoms with E-state index in [2.05, 4.69) is 24.8 Å². The lowest BCUT2D eigenvalue weighted by atomic mass is 10.1. The lowest BCUT2D eigenvalue weighted by Gasteiger charge is -2.37. The highest BCUT2D eigenvalue weighted by Crippen LogP contribution is 2.35. The molecular weight excluding hydrogens is 252 g/mol. The van der Waals surface area contributed by atoms with Crippen molar-refractivity contribution >= 4 is 29.1 Å². The molecule has 1 fully saturated rings. The first-order valence-corrected chi connectivity index (χ1v) is 7.31. The Kier molecular flexibility index (Phi) is 4.23. The molecular formula is C13H19ClN2S. The molecule has 0 aromatic heterocycles. The molecule has 0 radical (unpaired) electrons. The number of hydrogen-bond acceptors (Lipinski definition) is 3. The minimum atomic E-state index is 0.544. The first-order chi connectivity index (χ1) is 8.11. The fraction of sp³-hybridized carbons (Fsp3) is 0.538. The molecule has 2 nitrogen and oxygen atoms in total. The summed E-state index contributed by atoms with van der Waals surface area (Å²) < 4.78 is 0. The van der Waals surface area contributed by atoms with Gasteiger partial charge >= 0.3 is 0 Å². The van der Waals surface area contributed by atoms with Crippen LogP contribution >= 0.6 is 23.4 Å². The molecule has 2 atom stereocenters. The van der Waals surface area contributed by atoms with Crippen LogP contribution in [0.15, 0.2) is 18.2 Å². The fourth-order valence-electron chi connectivity index (χ4n) is 2.44. The van der Waals surface area contributed by atoms with E-state index in [0.717, 1.165) is 29.4 Å². The van der Waals surface area contributed by atoms with E-state index in [9.17, 15) is 0 Å². The molecule has 0 bridgehead atoms. The summed E-state index contributed by atoms with van der Waals surface area (Å²) in [6.07, 6.45) is 0. The topological polar surface area (TPSA) is 29.3 Å². The van der Waals surface area contributed by atoms with Gasteiger partial charge in [-0.2, -0.15) is 11.8 Å². The van der Waals surface area contributed by atoms with Crippen LogP contribution in [0.25, 0.3) is 0 Å². The molecule has 0 aliphatic carbocycles. The molecule has 1 aromatic rings.